The van der Waals surface area contributed by atoms with E-state index in [2.05, 4.69) is 28.9 Å². The van der Waals surface area contributed by atoms with Crippen molar-refractivity contribution >= 4 is 11.8 Å². The summed E-state index contributed by atoms with van der Waals surface area (Å²) in [6.45, 7) is 5.81. The number of nitrogens with zero attached hydrogens (tertiary/aromatic N) is 3. The van der Waals surface area contributed by atoms with Gasteiger partial charge in [0, 0.05) is 19.5 Å². The molecule has 1 aromatic rings. The summed E-state index contributed by atoms with van der Waals surface area (Å²) in [7, 11) is 0. The molecule has 2 heterocycles. The Morgan fingerprint density at radius 3 is 2.83 bits per heavy atom. The van der Waals surface area contributed by atoms with E-state index in [-0.39, 0.29) is 12.3 Å². The van der Waals surface area contributed by atoms with Gasteiger partial charge in [0.25, 0.3) is 0 Å². The first-order valence-corrected chi connectivity index (χ1v) is 6.36. The number of anilines is 1. The second kappa shape index (κ2) is 5.33. The fourth-order valence-electron chi connectivity index (χ4n) is 2.27. The Balaban J connectivity index is 1.98. The van der Waals surface area contributed by atoms with Crippen LogP contribution in [0.1, 0.15) is 38.3 Å². The minimum absolute atomic E-state index is 0.231. The van der Waals surface area contributed by atoms with Gasteiger partial charge in [-0.3, -0.25) is 4.79 Å². The first-order chi connectivity index (χ1) is 8.56. The third-order valence-electron chi connectivity index (χ3n) is 3.34. The Kier molecular flexibility index (Phi) is 3.79. The highest BCUT2D eigenvalue weighted by Crippen LogP contribution is 2.24. The summed E-state index contributed by atoms with van der Waals surface area (Å²) in [5, 5.41) is 17.2. The van der Waals surface area contributed by atoms with Crippen molar-refractivity contribution in [1.82, 2.24) is 10.2 Å². The average Bonchev–Trinajstić information content (AvgIpc) is 2.76. The number of carbonyl (C=O) groups is 1. The molecule has 0 aliphatic carbocycles. The predicted octanol–water partition coefficient (Wildman–Crippen LogP) is 1.90. The zero-order valence-corrected chi connectivity index (χ0v) is 10.8. The van der Waals surface area contributed by atoms with Crippen molar-refractivity contribution in [1.29, 1.82) is 0 Å². The summed E-state index contributed by atoms with van der Waals surface area (Å²) < 4.78 is 0. The van der Waals surface area contributed by atoms with Crippen LogP contribution in [-0.2, 0) is 4.79 Å². The van der Waals surface area contributed by atoms with Crippen molar-refractivity contribution < 1.29 is 9.90 Å². The number of carboxylic acid groups (broad SMARTS) is 1. The molecule has 1 aliphatic rings. The van der Waals surface area contributed by atoms with Crippen molar-refractivity contribution in [2.75, 3.05) is 18.0 Å². The first kappa shape index (κ1) is 12.8. The number of hydrogen-bond acceptors (Lipinski definition) is 4. The van der Waals surface area contributed by atoms with E-state index in [0.717, 1.165) is 31.0 Å². The standard InChI is InChI=1S/C13H19N3O2/c1-9(2)11-3-4-12(15-14-11)16-6-5-10(8-16)7-13(17)18/h3-4,9-10H,5-8H2,1-2H3,(H,17,18). The van der Waals surface area contributed by atoms with Gasteiger partial charge in [-0.05, 0) is 30.4 Å². The molecule has 1 unspecified atom stereocenters. The molecule has 0 amide bonds. The lowest BCUT2D eigenvalue weighted by Crippen LogP contribution is -2.22. The van der Waals surface area contributed by atoms with Crippen molar-refractivity contribution in [2.24, 2.45) is 5.92 Å². The fourth-order valence-corrected chi connectivity index (χ4v) is 2.27. The van der Waals surface area contributed by atoms with Crippen LogP contribution in [0.4, 0.5) is 5.82 Å². The molecule has 0 radical (unpaired) electrons. The smallest absolute Gasteiger partial charge is 0.303 e. The molecule has 0 spiro atoms. The molecule has 0 aromatic carbocycles. The lowest BCUT2D eigenvalue weighted by Gasteiger charge is -2.17. The van der Waals surface area contributed by atoms with Gasteiger partial charge in [0.15, 0.2) is 5.82 Å². The summed E-state index contributed by atoms with van der Waals surface area (Å²) in [6.07, 6.45) is 1.16. The molecule has 0 bridgehead atoms. The molecule has 98 valence electrons. The van der Waals surface area contributed by atoms with Gasteiger partial charge in [-0.15, -0.1) is 5.10 Å². The van der Waals surface area contributed by atoms with Gasteiger partial charge in [0.2, 0.25) is 0 Å². The molecule has 1 aliphatic heterocycles. The second-order valence-electron chi connectivity index (χ2n) is 5.17. The Morgan fingerprint density at radius 2 is 2.28 bits per heavy atom. The number of carboxylic acids is 1. The molecule has 1 aromatic heterocycles. The zero-order chi connectivity index (χ0) is 13.1. The minimum atomic E-state index is -0.719. The molecule has 18 heavy (non-hydrogen) atoms. The van der Waals surface area contributed by atoms with Gasteiger partial charge in [0.1, 0.15) is 0 Å². The Bertz CT molecular complexity index is 417. The Hall–Kier alpha value is -1.65. The fraction of sp³-hybridized carbons (Fsp3) is 0.615. The summed E-state index contributed by atoms with van der Waals surface area (Å²) in [5.74, 6) is 0.745. The van der Waals surface area contributed by atoms with E-state index in [0.29, 0.717) is 5.92 Å². The van der Waals surface area contributed by atoms with Gasteiger partial charge in [-0.1, -0.05) is 13.8 Å². The molecule has 1 atom stereocenters. The maximum absolute atomic E-state index is 10.7. The number of rotatable bonds is 4. The second-order valence-corrected chi connectivity index (χ2v) is 5.17. The van der Waals surface area contributed by atoms with Gasteiger partial charge < -0.3 is 10.0 Å². The molecule has 1 saturated heterocycles. The molecule has 5 heteroatoms. The van der Waals surface area contributed by atoms with E-state index in [4.69, 9.17) is 5.11 Å². The van der Waals surface area contributed by atoms with Crippen LogP contribution in [0.3, 0.4) is 0 Å². The van der Waals surface area contributed by atoms with Crippen molar-refractivity contribution in [3.8, 4) is 0 Å². The van der Waals surface area contributed by atoms with Crippen LogP contribution in [0, 0.1) is 5.92 Å². The average molecular weight is 249 g/mol. The van der Waals surface area contributed by atoms with E-state index in [9.17, 15) is 4.79 Å². The molecule has 2 rings (SSSR count). The third-order valence-corrected chi connectivity index (χ3v) is 3.34. The molecule has 1 N–H and O–H groups in total. The van der Waals surface area contributed by atoms with Crippen LogP contribution >= 0.6 is 0 Å². The van der Waals surface area contributed by atoms with E-state index < -0.39 is 5.97 Å². The monoisotopic (exact) mass is 249 g/mol. The number of aliphatic carboxylic acids is 1. The summed E-state index contributed by atoms with van der Waals surface area (Å²) in [4.78, 5) is 12.8. The van der Waals surface area contributed by atoms with Crippen LogP contribution in [0.5, 0.6) is 0 Å². The highest BCUT2D eigenvalue weighted by Gasteiger charge is 2.25. The SMILES string of the molecule is CC(C)c1ccc(N2CCC(CC(=O)O)C2)nn1. The van der Waals surface area contributed by atoms with Crippen LogP contribution < -0.4 is 4.90 Å². The Morgan fingerprint density at radius 1 is 1.50 bits per heavy atom. The third kappa shape index (κ3) is 2.97. The summed E-state index contributed by atoms with van der Waals surface area (Å²) in [5.41, 5.74) is 0.986. The van der Waals surface area contributed by atoms with Crippen molar-refractivity contribution in [2.45, 2.75) is 32.6 Å². The molecule has 0 saturated carbocycles. The number of hydrogen-bond donors (Lipinski definition) is 1. The van der Waals surface area contributed by atoms with Crippen LogP contribution in [0.15, 0.2) is 12.1 Å². The highest BCUT2D eigenvalue weighted by atomic mass is 16.4. The van der Waals surface area contributed by atoms with Crippen LogP contribution in [0.25, 0.3) is 0 Å². The van der Waals surface area contributed by atoms with Crippen molar-refractivity contribution in [3.05, 3.63) is 17.8 Å². The van der Waals surface area contributed by atoms with Crippen molar-refractivity contribution in [3.63, 3.8) is 0 Å². The van der Waals surface area contributed by atoms with Gasteiger partial charge >= 0.3 is 5.97 Å². The van der Waals surface area contributed by atoms with E-state index in [1.807, 2.05) is 12.1 Å². The normalized spacial score (nSPS) is 19.5. The minimum Gasteiger partial charge on any atom is -0.481 e. The van der Waals surface area contributed by atoms with Crippen LogP contribution in [0.2, 0.25) is 0 Å². The van der Waals surface area contributed by atoms with Gasteiger partial charge in [0.05, 0.1) is 5.69 Å². The maximum Gasteiger partial charge on any atom is 0.303 e. The lowest BCUT2D eigenvalue weighted by molar-refractivity contribution is -0.137. The molecule has 5 nitrogen and oxygen atoms in total. The lowest BCUT2D eigenvalue weighted by atomic mass is 10.1. The molecular weight excluding hydrogens is 230 g/mol. The van der Waals surface area contributed by atoms with Gasteiger partial charge in [-0.2, -0.15) is 5.10 Å². The Labute approximate surface area is 107 Å². The summed E-state index contributed by atoms with van der Waals surface area (Å²) in [6, 6.07) is 3.98. The summed E-state index contributed by atoms with van der Waals surface area (Å²) >= 11 is 0. The highest BCUT2D eigenvalue weighted by molar-refractivity contribution is 5.67. The molecular formula is C13H19N3O2. The van der Waals surface area contributed by atoms with E-state index >= 15 is 0 Å². The van der Waals surface area contributed by atoms with Gasteiger partial charge in [-0.25, -0.2) is 0 Å². The molecule has 1 fully saturated rings. The first-order valence-electron chi connectivity index (χ1n) is 6.36. The zero-order valence-electron chi connectivity index (χ0n) is 10.8. The predicted molar refractivity (Wildman–Crippen MR) is 68.7 cm³/mol. The largest absolute Gasteiger partial charge is 0.481 e. The quantitative estimate of drug-likeness (QED) is 0.882. The van der Waals surface area contributed by atoms with Crippen LogP contribution in [-0.4, -0.2) is 34.4 Å². The maximum atomic E-state index is 10.7. The van der Waals surface area contributed by atoms with E-state index in [1.54, 1.807) is 0 Å². The topological polar surface area (TPSA) is 66.3 Å². The van der Waals surface area contributed by atoms with E-state index in [1.165, 1.54) is 0 Å². The number of aromatic nitrogens is 2.